The molecule has 29 heavy (non-hydrogen) atoms. The van der Waals surface area contributed by atoms with Gasteiger partial charge in [-0.05, 0) is 56.4 Å². The SMILES string of the molecule is Cc1ccc(C)c(OCCCn2cc(C(=O)C3CCCCC3)c3ccccc32)c1. The van der Waals surface area contributed by atoms with Crippen LogP contribution in [0.5, 0.6) is 5.75 Å². The number of Topliss-reactive ketones (excluding diaryl/α,β-unsaturated/α-hetero) is 1. The number of ether oxygens (including phenoxy) is 1. The zero-order valence-electron chi connectivity index (χ0n) is 17.6. The highest BCUT2D eigenvalue weighted by Gasteiger charge is 2.25. The fourth-order valence-electron chi connectivity index (χ4n) is 4.49. The van der Waals surface area contributed by atoms with Crippen molar-refractivity contribution in [1.29, 1.82) is 0 Å². The van der Waals surface area contributed by atoms with Crippen LogP contribution in [0.1, 0.15) is 60.0 Å². The molecule has 0 atom stereocenters. The van der Waals surface area contributed by atoms with Crippen molar-refractivity contribution in [3.8, 4) is 5.75 Å². The molecule has 1 aromatic heterocycles. The van der Waals surface area contributed by atoms with E-state index in [1.807, 2.05) is 6.07 Å². The number of hydrogen-bond donors (Lipinski definition) is 0. The van der Waals surface area contributed by atoms with Crippen molar-refractivity contribution in [1.82, 2.24) is 4.57 Å². The van der Waals surface area contributed by atoms with Crippen molar-refractivity contribution in [3.63, 3.8) is 0 Å². The maximum atomic E-state index is 13.2. The minimum absolute atomic E-state index is 0.204. The van der Waals surface area contributed by atoms with Gasteiger partial charge in [0.05, 0.1) is 6.61 Å². The van der Waals surface area contributed by atoms with Crippen molar-refractivity contribution in [2.45, 2.75) is 58.9 Å². The molecule has 4 rings (SSSR count). The van der Waals surface area contributed by atoms with Gasteiger partial charge < -0.3 is 9.30 Å². The van der Waals surface area contributed by atoms with E-state index in [0.717, 1.165) is 48.0 Å². The average molecular weight is 390 g/mol. The first kappa shape index (κ1) is 19.8. The predicted molar refractivity (Wildman–Crippen MR) is 119 cm³/mol. The van der Waals surface area contributed by atoms with Gasteiger partial charge in [-0.2, -0.15) is 0 Å². The molecular weight excluding hydrogens is 358 g/mol. The molecule has 3 heteroatoms. The molecule has 0 radical (unpaired) electrons. The van der Waals surface area contributed by atoms with Gasteiger partial charge in [0.1, 0.15) is 5.75 Å². The second-order valence-electron chi connectivity index (χ2n) is 8.42. The quantitative estimate of drug-likeness (QED) is 0.341. The molecule has 1 aliphatic carbocycles. The lowest BCUT2D eigenvalue weighted by Crippen LogP contribution is -2.17. The molecule has 0 aliphatic heterocycles. The summed E-state index contributed by atoms with van der Waals surface area (Å²) in [4.78, 5) is 13.2. The van der Waals surface area contributed by atoms with Gasteiger partial charge in [0.2, 0.25) is 0 Å². The summed E-state index contributed by atoms with van der Waals surface area (Å²) in [6, 6.07) is 14.6. The van der Waals surface area contributed by atoms with E-state index in [-0.39, 0.29) is 5.92 Å². The zero-order valence-corrected chi connectivity index (χ0v) is 17.6. The Labute approximate surface area is 173 Å². The molecule has 1 heterocycles. The van der Waals surface area contributed by atoms with Crippen LogP contribution in [0.2, 0.25) is 0 Å². The Morgan fingerprint density at radius 1 is 1.07 bits per heavy atom. The van der Waals surface area contributed by atoms with Gasteiger partial charge in [-0.15, -0.1) is 0 Å². The number of rotatable bonds is 7. The number of benzene rings is 2. The Kier molecular flexibility index (Phi) is 6.03. The van der Waals surface area contributed by atoms with Crippen LogP contribution in [-0.4, -0.2) is 17.0 Å². The number of carbonyl (C=O) groups excluding carboxylic acids is 1. The maximum Gasteiger partial charge on any atom is 0.168 e. The maximum absolute atomic E-state index is 13.2. The summed E-state index contributed by atoms with van der Waals surface area (Å²) in [6.07, 6.45) is 8.72. The van der Waals surface area contributed by atoms with Crippen LogP contribution in [0.4, 0.5) is 0 Å². The van der Waals surface area contributed by atoms with Crippen LogP contribution in [0.15, 0.2) is 48.7 Å². The van der Waals surface area contributed by atoms with Crippen molar-refractivity contribution in [2.24, 2.45) is 5.92 Å². The molecule has 1 aliphatic rings. The molecule has 3 aromatic rings. The van der Waals surface area contributed by atoms with E-state index in [9.17, 15) is 4.79 Å². The Morgan fingerprint density at radius 3 is 2.69 bits per heavy atom. The lowest BCUT2D eigenvalue weighted by Gasteiger charge is -2.19. The van der Waals surface area contributed by atoms with Gasteiger partial charge in [-0.1, -0.05) is 49.6 Å². The van der Waals surface area contributed by atoms with Gasteiger partial charge in [-0.3, -0.25) is 4.79 Å². The summed E-state index contributed by atoms with van der Waals surface area (Å²) >= 11 is 0. The molecule has 0 spiro atoms. The Morgan fingerprint density at radius 2 is 1.86 bits per heavy atom. The number of fused-ring (bicyclic) bond motifs is 1. The second-order valence-corrected chi connectivity index (χ2v) is 8.42. The fraction of sp³-hybridized carbons (Fsp3) is 0.423. The number of aryl methyl sites for hydroxylation is 3. The van der Waals surface area contributed by atoms with Crippen LogP contribution >= 0.6 is 0 Å². The minimum atomic E-state index is 0.204. The van der Waals surface area contributed by atoms with Gasteiger partial charge >= 0.3 is 0 Å². The molecule has 3 nitrogen and oxygen atoms in total. The Bertz CT molecular complexity index is 995. The van der Waals surface area contributed by atoms with E-state index in [1.54, 1.807) is 0 Å². The van der Waals surface area contributed by atoms with Crippen LogP contribution in [0.25, 0.3) is 10.9 Å². The largest absolute Gasteiger partial charge is 0.493 e. The number of aromatic nitrogens is 1. The molecule has 0 amide bonds. The van der Waals surface area contributed by atoms with Crippen LogP contribution in [-0.2, 0) is 6.54 Å². The average Bonchev–Trinajstić information content (AvgIpc) is 3.12. The van der Waals surface area contributed by atoms with Crippen molar-refractivity contribution >= 4 is 16.7 Å². The molecule has 0 saturated heterocycles. The molecule has 0 bridgehead atoms. The summed E-state index contributed by atoms with van der Waals surface area (Å²) < 4.78 is 8.25. The first-order valence-corrected chi connectivity index (χ1v) is 11.0. The third-order valence-corrected chi connectivity index (χ3v) is 6.17. The molecule has 0 unspecified atom stereocenters. The van der Waals surface area contributed by atoms with E-state index < -0.39 is 0 Å². The first-order valence-electron chi connectivity index (χ1n) is 11.0. The highest BCUT2D eigenvalue weighted by atomic mass is 16.5. The molecule has 1 saturated carbocycles. The molecule has 1 fully saturated rings. The number of nitrogens with zero attached hydrogens (tertiary/aromatic N) is 1. The summed E-state index contributed by atoms with van der Waals surface area (Å²) in [6.45, 7) is 5.69. The van der Waals surface area contributed by atoms with Gasteiger partial charge in [0, 0.05) is 35.1 Å². The second kappa shape index (κ2) is 8.86. The first-order chi connectivity index (χ1) is 14.1. The predicted octanol–water partition coefficient (Wildman–Crippen LogP) is 6.49. The molecule has 152 valence electrons. The van der Waals surface area contributed by atoms with Crippen LogP contribution in [0, 0.1) is 19.8 Å². The minimum Gasteiger partial charge on any atom is -0.493 e. The summed E-state index contributed by atoms with van der Waals surface area (Å²) in [7, 11) is 0. The topological polar surface area (TPSA) is 31.2 Å². The number of carbonyl (C=O) groups is 1. The fourth-order valence-corrected chi connectivity index (χ4v) is 4.49. The van der Waals surface area contributed by atoms with Crippen molar-refractivity contribution in [3.05, 3.63) is 65.4 Å². The van der Waals surface area contributed by atoms with Crippen LogP contribution in [0.3, 0.4) is 0 Å². The van der Waals surface area contributed by atoms with Crippen molar-refractivity contribution in [2.75, 3.05) is 6.61 Å². The van der Waals surface area contributed by atoms with E-state index >= 15 is 0 Å². The summed E-state index contributed by atoms with van der Waals surface area (Å²) in [5.74, 6) is 1.51. The van der Waals surface area contributed by atoms with E-state index in [0.29, 0.717) is 12.4 Å². The highest BCUT2D eigenvalue weighted by Crippen LogP contribution is 2.31. The summed E-state index contributed by atoms with van der Waals surface area (Å²) in [5, 5.41) is 1.10. The van der Waals surface area contributed by atoms with E-state index in [2.05, 4.69) is 61.0 Å². The molecular formula is C26H31NO2. The van der Waals surface area contributed by atoms with Gasteiger partial charge in [0.25, 0.3) is 0 Å². The third kappa shape index (κ3) is 4.39. The lowest BCUT2D eigenvalue weighted by atomic mass is 9.84. The Balaban J connectivity index is 1.46. The number of para-hydroxylation sites is 1. The third-order valence-electron chi connectivity index (χ3n) is 6.17. The smallest absolute Gasteiger partial charge is 0.168 e. The zero-order chi connectivity index (χ0) is 20.2. The van der Waals surface area contributed by atoms with E-state index in [4.69, 9.17) is 4.74 Å². The highest BCUT2D eigenvalue weighted by molar-refractivity contribution is 6.09. The van der Waals surface area contributed by atoms with E-state index in [1.165, 1.54) is 30.4 Å². The van der Waals surface area contributed by atoms with Crippen molar-refractivity contribution < 1.29 is 9.53 Å². The van der Waals surface area contributed by atoms with Crippen LogP contribution < -0.4 is 4.74 Å². The molecule has 0 N–H and O–H groups in total. The normalized spacial score (nSPS) is 15.0. The molecule has 2 aromatic carbocycles. The monoisotopic (exact) mass is 389 g/mol. The lowest BCUT2D eigenvalue weighted by molar-refractivity contribution is 0.0891. The summed E-state index contributed by atoms with van der Waals surface area (Å²) in [5.41, 5.74) is 4.44. The van der Waals surface area contributed by atoms with Gasteiger partial charge in [-0.25, -0.2) is 0 Å². The Hall–Kier alpha value is -2.55. The number of ketones is 1. The standard InChI is InChI=1S/C26H31NO2/c1-19-13-14-20(2)25(17-19)29-16-8-15-27-18-23(22-11-6-7-12-24(22)27)26(28)21-9-4-3-5-10-21/h6-7,11-14,17-18,21H,3-5,8-10,15-16H2,1-2H3. The van der Waals surface area contributed by atoms with Gasteiger partial charge in [0.15, 0.2) is 5.78 Å². The number of hydrogen-bond acceptors (Lipinski definition) is 2.